The number of nitrogens with zero attached hydrogens (tertiary/aromatic N) is 2. The molecule has 0 unspecified atom stereocenters. The fourth-order valence-electron chi connectivity index (χ4n) is 1.43. The van der Waals surface area contributed by atoms with Crippen molar-refractivity contribution in [3.63, 3.8) is 0 Å². The molecule has 7 heteroatoms. The zero-order chi connectivity index (χ0) is 13.9. The van der Waals surface area contributed by atoms with E-state index in [1.807, 2.05) is 0 Å². The van der Waals surface area contributed by atoms with Crippen molar-refractivity contribution in [1.29, 1.82) is 0 Å². The summed E-state index contributed by atoms with van der Waals surface area (Å²) < 4.78 is 2.27. The molecule has 0 aliphatic rings. The number of halogens is 1. The Morgan fingerprint density at radius 3 is 2.78 bits per heavy atom. The van der Waals surface area contributed by atoms with Gasteiger partial charge in [0.05, 0.1) is 6.42 Å². The zero-order valence-corrected chi connectivity index (χ0v) is 12.5. The topological polar surface area (TPSA) is 68.3 Å². The molecule has 1 rings (SSSR count). The highest BCUT2D eigenvalue weighted by Gasteiger charge is 2.11. The number of pyridine rings is 1. The van der Waals surface area contributed by atoms with Crippen LogP contribution in [0.1, 0.15) is 12.0 Å². The number of carbonyl (C=O) groups is 1. The van der Waals surface area contributed by atoms with Gasteiger partial charge in [-0.1, -0.05) is 12.2 Å². The number of aryl methyl sites for hydroxylation is 1. The molecule has 2 N–H and O–H groups in total. The minimum Gasteiger partial charge on any atom is -0.317 e. The van der Waals surface area contributed by atoms with Crippen LogP contribution >= 0.6 is 28.1 Å². The van der Waals surface area contributed by atoms with E-state index >= 15 is 0 Å². The summed E-state index contributed by atoms with van der Waals surface area (Å²) in [5.74, 6) is 5.04. The molecule has 98 valence electrons. The first-order valence-electron chi connectivity index (χ1n) is 5.19. The highest BCUT2D eigenvalue weighted by atomic mass is 79.9. The monoisotopic (exact) mass is 331 g/mol. The molecule has 0 fully saturated rings. The largest absolute Gasteiger partial charge is 0.317 e. The normalized spacial score (nSPS) is 10.2. The Bertz CT molecular complexity index is 540. The van der Waals surface area contributed by atoms with Gasteiger partial charge in [-0.25, -0.2) is 5.84 Å². The lowest BCUT2D eigenvalue weighted by Crippen LogP contribution is -2.34. The van der Waals surface area contributed by atoms with E-state index in [1.165, 1.54) is 11.6 Å². The molecule has 0 bridgehead atoms. The second kappa shape index (κ2) is 6.21. The van der Waals surface area contributed by atoms with Gasteiger partial charge in [-0.3, -0.25) is 14.6 Å². The van der Waals surface area contributed by atoms with Crippen LogP contribution in [0.2, 0.25) is 0 Å². The van der Waals surface area contributed by atoms with Crippen LogP contribution in [0, 0.1) is 0 Å². The number of carbonyl (C=O) groups excluding carboxylic acids is 1. The van der Waals surface area contributed by atoms with Gasteiger partial charge in [0, 0.05) is 41.6 Å². The average Bonchev–Trinajstić information content (AvgIpc) is 2.24. The number of hydrazine groups is 1. The van der Waals surface area contributed by atoms with Gasteiger partial charge in [-0.15, -0.1) is 0 Å². The third-order valence-electron chi connectivity index (χ3n) is 2.35. The Labute approximate surface area is 119 Å². The average molecular weight is 332 g/mol. The number of aromatic nitrogens is 1. The maximum absolute atomic E-state index is 11.8. The van der Waals surface area contributed by atoms with Crippen LogP contribution in [0.5, 0.6) is 0 Å². The highest BCUT2D eigenvalue weighted by molar-refractivity contribution is 9.10. The third kappa shape index (κ3) is 4.01. The predicted octanol–water partition coefficient (Wildman–Crippen LogP) is 0.782. The van der Waals surface area contributed by atoms with Crippen molar-refractivity contribution in [1.82, 2.24) is 9.58 Å². The summed E-state index contributed by atoms with van der Waals surface area (Å²) in [4.78, 5) is 23.7. The van der Waals surface area contributed by atoms with Crippen LogP contribution in [0.4, 0.5) is 0 Å². The summed E-state index contributed by atoms with van der Waals surface area (Å²) in [5, 5.41) is 0.991. The van der Waals surface area contributed by atoms with Crippen molar-refractivity contribution in [3.05, 3.63) is 32.7 Å². The molecule has 0 saturated carbocycles. The summed E-state index contributed by atoms with van der Waals surface area (Å²) in [6, 6.07) is 1.71. The standard InChI is InChI=1S/C11H14BrN3O2S/c1-14-6-8(12)3-7(11(14)17)4-9(18)5-10(16)15(2)13/h3,6H,4-5,13H2,1-2H3. The molecule has 0 spiro atoms. The van der Waals surface area contributed by atoms with Crippen molar-refractivity contribution in [2.75, 3.05) is 7.05 Å². The van der Waals surface area contributed by atoms with E-state index < -0.39 is 0 Å². The molecule has 1 aromatic rings. The van der Waals surface area contributed by atoms with Crippen molar-refractivity contribution in [3.8, 4) is 0 Å². The van der Waals surface area contributed by atoms with Gasteiger partial charge >= 0.3 is 0 Å². The van der Waals surface area contributed by atoms with Gasteiger partial charge in [0.15, 0.2) is 0 Å². The van der Waals surface area contributed by atoms with Crippen LogP contribution in [-0.2, 0) is 18.3 Å². The fraction of sp³-hybridized carbons (Fsp3) is 0.364. The van der Waals surface area contributed by atoms with Gasteiger partial charge in [0.1, 0.15) is 0 Å². The molecular weight excluding hydrogens is 318 g/mol. The molecule has 0 saturated heterocycles. The zero-order valence-electron chi connectivity index (χ0n) is 10.1. The van der Waals surface area contributed by atoms with Gasteiger partial charge < -0.3 is 4.57 Å². The van der Waals surface area contributed by atoms with E-state index in [-0.39, 0.29) is 17.9 Å². The molecular formula is C11H14BrN3O2S. The van der Waals surface area contributed by atoms with E-state index in [4.69, 9.17) is 18.1 Å². The Morgan fingerprint density at radius 1 is 1.61 bits per heavy atom. The Hall–Kier alpha value is -1.05. The number of rotatable bonds is 4. The van der Waals surface area contributed by atoms with Crippen LogP contribution in [0.15, 0.2) is 21.5 Å². The number of hydrogen-bond acceptors (Lipinski definition) is 4. The summed E-state index contributed by atoms with van der Waals surface area (Å²) in [6.07, 6.45) is 2.03. The second-order valence-electron chi connectivity index (χ2n) is 4.00. The molecule has 5 nitrogen and oxygen atoms in total. The first kappa shape index (κ1) is 15.0. The quantitative estimate of drug-likeness (QED) is 0.383. The lowest BCUT2D eigenvalue weighted by Gasteiger charge is -2.10. The van der Waals surface area contributed by atoms with Gasteiger partial charge in [-0.05, 0) is 22.0 Å². The van der Waals surface area contributed by atoms with Gasteiger partial charge in [-0.2, -0.15) is 0 Å². The van der Waals surface area contributed by atoms with Crippen molar-refractivity contribution in [2.24, 2.45) is 12.9 Å². The molecule has 1 amide bonds. The molecule has 0 aliphatic heterocycles. The second-order valence-corrected chi connectivity index (χ2v) is 5.49. The molecule has 0 atom stereocenters. The van der Waals surface area contributed by atoms with Crippen molar-refractivity contribution in [2.45, 2.75) is 12.8 Å². The van der Waals surface area contributed by atoms with Crippen LogP contribution < -0.4 is 11.4 Å². The maximum Gasteiger partial charge on any atom is 0.253 e. The molecule has 1 aromatic heterocycles. The molecule has 0 aromatic carbocycles. The summed E-state index contributed by atoms with van der Waals surface area (Å²) in [7, 11) is 3.13. The Morgan fingerprint density at radius 2 is 2.22 bits per heavy atom. The fourth-order valence-corrected chi connectivity index (χ4v) is 2.29. The lowest BCUT2D eigenvalue weighted by atomic mass is 10.1. The van der Waals surface area contributed by atoms with Gasteiger partial charge in [0.2, 0.25) is 5.91 Å². The SMILES string of the molecule is CN(N)C(=O)CC(=S)Cc1cc(Br)cn(C)c1=O. The first-order valence-corrected chi connectivity index (χ1v) is 6.39. The number of hydrogen-bond donors (Lipinski definition) is 1. The predicted molar refractivity (Wildman–Crippen MR) is 77.3 cm³/mol. The lowest BCUT2D eigenvalue weighted by molar-refractivity contribution is -0.128. The smallest absolute Gasteiger partial charge is 0.253 e. The van der Waals surface area contributed by atoms with Crippen LogP contribution in [-0.4, -0.2) is 27.4 Å². The minimum absolute atomic E-state index is 0.0675. The van der Waals surface area contributed by atoms with Gasteiger partial charge in [0.25, 0.3) is 5.56 Å². The van der Waals surface area contributed by atoms with E-state index in [2.05, 4.69) is 15.9 Å². The van der Waals surface area contributed by atoms with E-state index in [0.717, 1.165) is 9.48 Å². The number of thiocarbonyl (C=S) groups is 1. The number of nitrogens with two attached hydrogens (primary N) is 1. The molecule has 18 heavy (non-hydrogen) atoms. The third-order valence-corrected chi connectivity index (χ3v) is 3.08. The highest BCUT2D eigenvalue weighted by Crippen LogP contribution is 2.09. The van der Waals surface area contributed by atoms with Crippen molar-refractivity contribution < 1.29 is 4.79 Å². The number of amides is 1. The maximum atomic E-state index is 11.8. The summed E-state index contributed by atoms with van der Waals surface area (Å²) in [6.45, 7) is 0. The van der Waals surface area contributed by atoms with Crippen molar-refractivity contribution >= 4 is 38.9 Å². The van der Waals surface area contributed by atoms with E-state index in [1.54, 1.807) is 19.3 Å². The molecule has 0 radical (unpaired) electrons. The molecule has 0 aliphatic carbocycles. The Balaban J connectivity index is 2.83. The van der Waals surface area contributed by atoms with E-state index in [9.17, 15) is 9.59 Å². The Kier molecular flexibility index (Phi) is 5.18. The molecule has 1 heterocycles. The summed E-state index contributed by atoms with van der Waals surface area (Å²) in [5.41, 5.74) is 0.443. The summed E-state index contributed by atoms with van der Waals surface area (Å²) >= 11 is 8.42. The van der Waals surface area contributed by atoms with E-state index in [0.29, 0.717) is 16.8 Å². The first-order chi connectivity index (χ1) is 8.31. The minimum atomic E-state index is -0.271. The van der Waals surface area contributed by atoms with Crippen LogP contribution in [0.3, 0.4) is 0 Å². The van der Waals surface area contributed by atoms with Crippen LogP contribution in [0.25, 0.3) is 0 Å².